The van der Waals surface area contributed by atoms with Crippen LogP contribution in [-0.4, -0.2) is 16.1 Å². The van der Waals surface area contributed by atoms with Crippen molar-refractivity contribution in [2.75, 3.05) is 0 Å². The normalized spacial score (nSPS) is 10.5. The van der Waals surface area contributed by atoms with E-state index in [2.05, 4.69) is 4.98 Å². The van der Waals surface area contributed by atoms with Crippen LogP contribution in [0.25, 0.3) is 10.9 Å². The molecular formula is C11H8ClNO2. The molecule has 2 aromatic rings. The summed E-state index contributed by atoms with van der Waals surface area (Å²) in [4.78, 5) is 15.1. The minimum absolute atomic E-state index is 0.236. The molecule has 0 saturated carbocycles. The number of fused-ring (bicyclic) bond motifs is 1. The summed E-state index contributed by atoms with van der Waals surface area (Å²) in [6.45, 7) is 1.84. The van der Waals surface area contributed by atoms with Gasteiger partial charge in [-0.3, -0.25) is 4.98 Å². The molecule has 0 unspecified atom stereocenters. The molecule has 4 heteroatoms. The van der Waals surface area contributed by atoms with Crippen LogP contribution in [-0.2, 0) is 0 Å². The first-order valence-electron chi connectivity index (χ1n) is 4.38. The lowest BCUT2D eigenvalue weighted by atomic mass is 10.0. The highest BCUT2D eigenvalue weighted by molar-refractivity contribution is 6.35. The first-order chi connectivity index (χ1) is 7.11. The summed E-state index contributed by atoms with van der Waals surface area (Å²) in [5.41, 5.74) is 1.64. The predicted octanol–water partition coefficient (Wildman–Crippen LogP) is 2.89. The summed E-state index contributed by atoms with van der Waals surface area (Å²) < 4.78 is 0. The molecule has 0 bridgehead atoms. The Kier molecular flexibility index (Phi) is 2.32. The monoisotopic (exact) mass is 221 g/mol. The number of aromatic nitrogens is 1. The van der Waals surface area contributed by atoms with Crippen molar-refractivity contribution >= 4 is 28.5 Å². The van der Waals surface area contributed by atoms with Crippen LogP contribution in [0.5, 0.6) is 0 Å². The summed E-state index contributed by atoms with van der Waals surface area (Å²) in [6, 6.07) is 4.99. The van der Waals surface area contributed by atoms with Crippen LogP contribution < -0.4 is 0 Å². The van der Waals surface area contributed by atoms with Crippen LogP contribution in [0.15, 0.2) is 24.4 Å². The number of halogens is 1. The molecule has 0 amide bonds. The Balaban J connectivity index is 2.96. The van der Waals surface area contributed by atoms with Gasteiger partial charge in [-0.15, -0.1) is 0 Å². The van der Waals surface area contributed by atoms with E-state index in [1.807, 2.05) is 6.92 Å². The van der Waals surface area contributed by atoms with Gasteiger partial charge in [0.15, 0.2) is 0 Å². The number of aromatic carboxylic acids is 1. The zero-order valence-electron chi connectivity index (χ0n) is 7.99. The molecule has 0 radical (unpaired) electrons. The molecule has 0 saturated heterocycles. The number of nitrogens with zero attached hydrogens (tertiary/aromatic N) is 1. The number of carbonyl (C=O) groups is 1. The largest absolute Gasteiger partial charge is 0.478 e. The van der Waals surface area contributed by atoms with Crippen LogP contribution >= 0.6 is 11.6 Å². The van der Waals surface area contributed by atoms with Crippen molar-refractivity contribution < 1.29 is 9.90 Å². The van der Waals surface area contributed by atoms with Gasteiger partial charge in [-0.1, -0.05) is 17.7 Å². The predicted molar refractivity (Wildman–Crippen MR) is 58.4 cm³/mol. The molecule has 1 heterocycles. The molecule has 0 fully saturated rings. The Morgan fingerprint density at radius 1 is 1.40 bits per heavy atom. The van der Waals surface area contributed by atoms with E-state index in [1.54, 1.807) is 12.1 Å². The van der Waals surface area contributed by atoms with Crippen LogP contribution in [0, 0.1) is 6.92 Å². The van der Waals surface area contributed by atoms with Gasteiger partial charge in [0, 0.05) is 11.6 Å². The minimum atomic E-state index is -0.965. The van der Waals surface area contributed by atoms with Crippen LogP contribution in [0.2, 0.25) is 5.02 Å². The topological polar surface area (TPSA) is 50.2 Å². The van der Waals surface area contributed by atoms with E-state index < -0.39 is 5.97 Å². The van der Waals surface area contributed by atoms with Crippen molar-refractivity contribution in [2.45, 2.75) is 6.92 Å². The van der Waals surface area contributed by atoms with Crippen LogP contribution in [0.4, 0.5) is 0 Å². The number of carboxylic acid groups (broad SMARTS) is 1. The third kappa shape index (κ3) is 1.55. The molecule has 3 nitrogen and oxygen atoms in total. The number of benzene rings is 1. The van der Waals surface area contributed by atoms with Gasteiger partial charge in [-0.2, -0.15) is 0 Å². The van der Waals surface area contributed by atoms with Gasteiger partial charge in [0.05, 0.1) is 16.1 Å². The molecule has 1 aromatic carbocycles. The molecule has 0 aliphatic rings. The average Bonchev–Trinajstić information content (AvgIpc) is 2.23. The maximum Gasteiger partial charge on any atom is 0.336 e. The highest BCUT2D eigenvalue weighted by Crippen LogP contribution is 2.27. The molecular weight excluding hydrogens is 214 g/mol. The van der Waals surface area contributed by atoms with Gasteiger partial charge >= 0.3 is 5.97 Å². The quantitative estimate of drug-likeness (QED) is 0.806. The molecule has 0 atom stereocenters. The number of aryl methyl sites for hydroxylation is 1. The van der Waals surface area contributed by atoms with E-state index in [9.17, 15) is 4.79 Å². The highest BCUT2D eigenvalue weighted by Gasteiger charge is 2.12. The van der Waals surface area contributed by atoms with Crippen molar-refractivity contribution in [3.63, 3.8) is 0 Å². The fourth-order valence-corrected chi connectivity index (χ4v) is 1.79. The van der Waals surface area contributed by atoms with Gasteiger partial charge in [-0.05, 0) is 24.6 Å². The number of hydrogen-bond donors (Lipinski definition) is 1. The average molecular weight is 222 g/mol. The van der Waals surface area contributed by atoms with Crippen molar-refractivity contribution in [2.24, 2.45) is 0 Å². The Labute approximate surface area is 91.3 Å². The lowest BCUT2D eigenvalue weighted by Gasteiger charge is -2.06. The third-order valence-corrected chi connectivity index (χ3v) is 2.59. The molecule has 1 N–H and O–H groups in total. The van der Waals surface area contributed by atoms with Gasteiger partial charge in [0.2, 0.25) is 0 Å². The van der Waals surface area contributed by atoms with Crippen molar-refractivity contribution in [3.8, 4) is 0 Å². The summed E-state index contributed by atoms with van der Waals surface area (Å²) in [7, 11) is 0. The number of hydrogen-bond acceptors (Lipinski definition) is 2. The first kappa shape index (κ1) is 9.93. The smallest absolute Gasteiger partial charge is 0.336 e. The van der Waals surface area contributed by atoms with Crippen LogP contribution in [0.1, 0.15) is 15.9 Å². The van der Waals surface area contributed by atoms with Gasteiger partial charge in [0.1, 0.15) is 0 Å². The molecule has 1 aromatic heterocycles. The second-order valence-electron chi connectivity index (χ2n) is 3.25. The summed E-state index contributed by atoms with van der Waals surface area (Å²) in [5, 5.41) is 10.1. The van der Waals surface area contributed by atoms with Crippen molar-refractivity contribution in [1.29, 1.82) is 0 Å². The van der Waals surface area contributed by atoms with E-state index in [0.29, 0.717) is 15.9 Å². The van der Waals surface area contributed by atoms with E-state index in [1.165, 1.54) is 12.3 Å². The SMILES string of the molecule is Cc1ccc(Cl)c2nccc(C(=O)O)c12. The minimum Gasteiger partial charge on any atom is -0.478 e. The maximum absolute atomic E-state index is 11.0. The lowest BCUT2D eigenvalue weighted by molar-refractivity contribution is 0.0699. The standard InChI is InChI=1S/C11H8ClNO2/c1-6-2-3-8(12)10-9(6)7(11(14)15)4-5-13-10/h2-5H,1H3,(H,14,15). The van der Waals surface area contributed by atoms with E-state index in [4.69, 9.17) is 16.7 Å². The fraction of sp³-hybridized carbons (Fsp3) is 0.0909. The summed E-state index contributed by atoms with van der Waals surface area (Å²) in [5.74, 6) is -0.965. The molecule has 0 aliphatic carbocycles. The number of rotatable bonds is 1. The van der Waals surface area contributed by atoms with E-state index >= 15 is 0 Å². The maximum atomic E-state index is 11.0. The van der Waals surface area contributed by atoms with Gasteiger partial charge in [0.25, 0.3) is 0 Å². The summed E-state index contributed by atoms with van der Waals surface area (Å²) >= 11 is 5.95. The fourth-order valence-electron chi connectivity index (χ4n) is 1.58. The van der Waals surface area contributed by atoms with E-state index in [-0.39, 0.29) is 5.56 Å². The van der Waals surface area contributed by atoms with Crippen LogP contribution in [0.3, 0.4) is 0 Å². The number of carboxylic acids is 1. The Bertz CT molecular complexity index is 552. The third-order valence-electron chi connectivity index (χ3n) is 2.28. The summed E-state index contributed by atoms with van der Waals surface area (Å²) in [6.07, 6.45) is 1.46. The zero-order valence-corrected chi connectivity index (χ0v) is 8.75. The highest BCUT2D eigenvalue weighted by atomic mass is 35.5. The lowest BCUT2D eigenvalue weighted by Crippen LogP contribution is -1.99. The second kappa shape index (κ2) is 3.51. The Morgan fingerprint density at radius 2 is 2.13 bits per heavy atom. The Morgan fingerprint density at radius 3 is 2.80 bits per heavy atom. The van der Waals surface area contributed by atoms with Gasteiger partial charge in [-0.25, -0.2) is 4.79 Å². The second-order valence-corrected chi connectivity index (χ2v) is 3.66. The first-order valence-corrected chi connectivity index (χ1v) is 4.76. The van der Waals surface area contributed by atoms with E-state index in [0.717, 1.165) is 5.56 Å². The van der Waals surface area contributed by atoms with Crippen molar-refractivity contribution in [1.82, 2.24) is 4.98 Å². The van der Waals surface area contributed by atoms with Crippen molar-refractivity contribution in [3.05, 3.63) is 40.5 Å². The number of pyridine rings is 1. The molecule has 0 spiro atoms. The zero-order chi connectivity index (χ0) is 11.0. The molecule has 0 aliphatic heterocycles. The molecule has 15 heavy (non-hydrogen) atoms. The molecule has 76 valence electrons. The Hall–Kier alpha value is -1.61. The van der Waals surface area contributed by atoms with Gasteiger partial charge < -0.3 is 5.11 Å². The molecule has 2 rings (SSSR count).